The summed E-state index contributed by atoms with van der Waals surface area (Å²) in [6.45, 7) is 12.3. The molecule has 2 aliphatic rings. The zero-order valence-electron chi connectivity index (χ0n) is 14.3. The summed E-state index contributed by atoms with van der Waals surface area (Å²) in [4.78, 5) is 5.31. The fourth-order valence-electron chi connectivity index (χ4n) is 4.56. The fourth-order valence-corrected chi connectivity index (χ4v) is 4.56. The van der Waals surface area contributed by atoms with Gasteiger partial charge in [-0.2, -0.15) is 0 Å². The molecule has 3 atom stereocenters. The van der Waals surface area contributed by atoms with Gasteiger partial charge in [0.25, 0.3) is 0 Å². The molecular weight excluding hydrogens is 246 g/mol. The first-order valence-corrected chi connectivity index (χ1v) is 8.57. The van der Waals surface area contributed by atoms with Gasteiger partial charge in [-0.25, -0.2) is 0 Å². The van der Waals surface area contributed by atoms with Crippen LogP contribution < -0.4 is 5.32 Å². The molecule has 0 aromatic rings. The maximum Gasteiger partial charge on any atom is 0.0220 e. The van der Waals surface area contributed by atoms with Gasteiger partial charge in [0.15, 0.2) is 0 Å². The second-order valence-corrected chi connectivity index (χ2v) is 7.73. The normalized spacial score (nSPS) is 36.1. The van der Waals surface area contributed by atoms with Crippen molar-refractivity contribution in [1.29, 1.82) is 0 Å². The number of rotatable bonds is 4. The zero-order valence-corrected chi connectivity index (χ0v) is 14.3. The van der Waals surface area contributed by atoms with E-state index >= 15 is 0 Å². The number of hydrogen-bond acceptors (Lipinski definition) is 3. The zero-order chi connectivity index (χ0) is 14.8. The SMILES string of the molecule is CCC1CN(C)CCCN1CC1CCC(C)(C)C1NC. The first-order chi connectivity index (χ1) is 9.47. The first kappa shape index (κ1) is 16.3. The minimum atomic E-state index is 0.462. The summed E-state index contributed by atoms with van der Waals surface area (Å²) in [5, 5.41) is 3.61. The van der Waals surface area contributed by atoms with Gasteiger partial charge >= 0.3 is 0 Å². The van der Waals surface area contributed by atoms with E-state index in [0.29, 0.717) is 11.5 Å². The van der Waals surface area contributed by atoms with Gasteiger partial charge in [-0.3, -0.25) is 4.90 Å². The Balaban J connectivity index is 2.00. The summed E-state index contributed by atoms with van der Waals surface area (Å²) >= 11 is 0. The lowest BCUT2D eigenvalue weighted by atomic mass is 9.84. The van der Waals surface area contributed by atoms with Crippen molar-refractivity contribution in [3.8, 4) is 0 Å². The molecule has 1 aliphatic heterocycles. The summed E-state index contributed by atoms with van der Waals surface area (Å²) in [7, 11) is 4.43. The first-order valence-electron chi connectivity index (χ1n) is 8.57. The average molecular weight is 281 g/mol. The highest BCUT2D eigenvalue weighted by molar-refractivity contribution is 4.97. The predicted molar refractivity (Wildman–Crippen MR) is 87.1 cm³/mol. The molecule has 0 amide bonds. The Morgan fingerprint density at radius 1 is 1.25 bits per heavy atom. The van der Waals surface area contributed by atoms with Crippen LogP contribution in [-0.4, -0.2) is 62.2 Å². The Morgan fingerprint density at radius 3 is 2.65 bits per heavy atom. The lowest BCUT2D eigenvalue weighted by Crippen LogP contribution is -2.47. The smallest absolute Gasteiger partial charge is 0.0220 e. The molecule has 1 aliphatic carbocycles. The molecule has 3 nitrogen and oxygen atoms in total. The highest BCUT2D eigenvalue weighted by Gasteiger charge is 2.42. The highest BCUT2D eigenvalue weighted by Crippen LogP contribution is 2.41. The maximum absolute atomic E-state index is 3.61. The molecule has 0 aromatic carbocycles. The summed E-state index contributed by atoms with van der Waals surface area (Å²) in [6.07, 6.45) is 5.37. The van der Waals surface area contributed by atoms with E-state index in [1.165, 1.54) is 51.9 Å². The van der Waals surface area contributed by atoms with Gasteiger partial charge in [0.05, 0.1) is 0 Å². The molecule has 1 heterocycles. The third-order valence-corrected chi connectivity index (χ3v) is 5.75. The molecule has 2 fully saturated rings. The van der Waals surface area contributed by atoms with Crippen molar-refractivity contribution in [3.05, 3.63) is 0 Å². The fraction of sp³-hybridized carbons (Fsp3) is 1.00. The molecule has 1 saturated carbocycles. The third-order valence-electron chi connectivity index (χ3n) is 5.75. The Bertz CT molecular complexity index is 303. The van der Waals surface area contributed by atoms with Gasteiger partial charge in [-0.1, -0.05) is 20.8 Å². The highest BCUT2D eigenvalue weighted by atomic mass is 15.2. The number of likely N-dealkylation sites (N-methyl/N-ethyl adjacent to an activating group) is 1. The van der Waals surface area contributed by atoms with Crippen molar-refractivity contribution < 1.29 is 0 Å². The molecule has 3 unspecified atom stereocenters. The van der Waals surface area contributed by atoms with Crippen molar-refractivity contribution >= 4 is 0 Å². The second kappa shape index (κ2) is 6.76. The van der Waals surface area contributed by atoms with E-state index in [0.717, 1.165) is 12.0 Å². The number of nitrogens with one attached hydrogen (secondary N) is 1. The van der Waals surface area contributed by atoms with Crippen LogP contribution in [-0.2, 0) is 0 Å². The summed E-state index contributed by atoms with van der Waals surface area (Å²) in [5.74, 6) is 0.826. The molecule has 20 heavy (non-hydrogen) atoms. The van der Waals surface area contributed by atoms with Crippen LogP contribution in [0.15, 0.2) is 0 Å². The molecule has 118 valence electrons. The van der Waals surface area contributed by atoms with Crippen LogP contribution in [0.3, 0.4) is 0 Å². The van der Waals surface area contributed by atoms with Gasteiger partial charge in [0.2, 0.25) is 0 Å². The Kier molecular flexibility index (Phi) is 5.49. The Hall–Kier alpha value is -0.120. The van der Waals surface area contributed by atoms with Crippen LogP contribution in [0.4, 0.5) is 0 Å². The molecule has 0 aromatic heterocycles. The van der Waals surface area contributed by atoms with Gasteiger partial charge < -0.3 is 10.2 Å². The molecule has 2 rings (SSSR count). The number of hydrogen-bond donors (Lipinski definition) is 1. The van der Waals surface area contributed by atoms with Crippen LogP contribution >= 0.6 is 0 Å². The molecule has 0 radical (unpaired) electrons. The monoisotopic (exact) mass is 281 g/mol. The largest absolute Gasteiger partial charge is 0.316 e. The summed E-state index contributed by atoms with van der Waals surface area (Å²) in [5.41, 5.74) is 0.462. The van der Waals surface area contributed by atoms with Gasteiger partial charge in [-0.05, 0) is 64.2 Å². The van der Waals surface area contributed by atoms with Gasteiger partial charge in [-0.15, -0.1) is 0 Å². The van der Waals surface area contributed by atoms with Crippen LogP contribution in [0.25, 0.3) is 0 Å². The predicted octanol–water partition coefficient (Wildman–Crippen LogP) is 2.43. The van der Waals surface area contributed by atoms with Crippen LogP contribution in [0.5, 0.6) is 0 Å². The van der Waals surface area contributed by atoms with Crippen molar-refractivity contribution in [3.63, 3.8) is 0 Å². The molecule has 1 N–H and O–H groups in total. The van der Waals surface area contributed by atoms with E-state index in [-0.39, 0.29) is 0 Å². The van der Waals surface area contributed by atoms with Crippen molar-refractivity contribution in [2.75, 3.05) is 40.3 Å². The van der Waals surface area contributed by atoms with Crippen molar-refractivity contribution in [2.24, 2.45) is 11.3 Å². The standard InChI is InChI=1S/C17H35N3/c1-6-15-13-19(5)10-7-11-20(15)12-14-8-9-17(2,3)16(14)18-4/h14-16,18H,6-13H2,1-5H3. The van der Waals surface area contributed by atoms with Crippen LogP contribution in [0.2, 0.25) is 0 Å². The topological polar surface area (TPSA) is 18.5 Å². The summed E-state index contributed by atoms with van der Waals surface area (Å²) < 4.78 is 0. The van der Waals surface area contributed by atoms with Crippen molar-refractivity contribution in [2.45, 2.75) is 58.5 Å². The van der Waals surface area contributed by atoms with E-state index in [9.17, 15) is 0 Å². The lowest BCUT2D eigenvalue weighted by molar-refractivity contribution is 0.139. The number of nitrogens with zero attached hydrogens (tertiary/aromatic N) is 2. The average Bonchev–Trinajstić information content (AvgIpc) is 2.56. The summed E-state index contributed by atoms with van der Waals surface area (Å²) in [6, 6.07) is 1.43. The van der Waals surface area contributed by atoms with E-state index in [4.69, 9.17) is 0 Å². The van der Waals surface area contributed by atoms with Gasteiger partial charge in [0.1, 0.15) is 0 Å². The maximum atomic E-state index is 3.61. The molecular formula is C17H35N3. The lowest BCUT2D eigenvalue weighted by Gasteiger charge is -2.36. The second-order valence-electron chi connectivity index (χ2n) is 7.73. The van der Waals surface area contributed by atoms with Crippen LogP contribution in [0, 0.1) is 11.3 Å². The quantitative estimate of drug-likeness (QED) is 0.854. The Morgan fingerprint density at radius 2 is 2.00 bits per heavy atom. The minimum absolute atomic E-state index is 0.462. The van der Waals surface area contributed by atoms with E-state index in [2.05, 4.69) is 50.0 Å². The van der Waals surface area contributed by atoms with E-state index in [1.807, 2.05) is 0 Å². The van der Waals surface area contributed by atoms with Crippen molar-refractivity contribution in [1.82, 2.24) is 15.1 Å². The molecule has 0 bridgehead atoms. The molecule has 0 spiro atoms. The minimum Gasteiger partial charge on any atom is -0.316 e. The van der Waals surface area contributed by atoms with E-state index in [1.54, 1.807) is 0 Å². The molecule has 3 heteroatoms. The Labute approximate surface area is 126 Å². The van der Waals surface area contributed by atoms with Crippen LogP contribution in [0.1, 0.15) is 46.5 Å². The van der Waals surface area contributed by atoms with Gasteiger partial charge in [0, 0.05) is 25.2 Å². The molecule has 1 saturated heterocycles. The van der Waals surface area contributed by atoms with E-state index < -0.39 is 0 Å². The third kappa shape index (κ3) is 3.55.